The van der Waals surface area contributed by atoms with E-state index in [1.54, 1.807) is 18.6 Å². The molecule has 3 heterocycles. The standard InChI is InChI=1S/C19H16N6O3/c1-24-16-14(17(26)23-19(24)28)5-6-15(22-16)18(27)21-13-4-2-3-12(9-13)10-25-8-7-20-11-25/h2-9,11H,10H2,1H3,(H,21,27)(H,23,26,28). The van der Waals surface area contributed by atoms with Gasteiger partial charge in [-0.1, -0.05) is 12.1 Å². The Kier molecular flexibility index (Phi) is 4.32. The van der Waals surface area contributed by atoms with Crippen molar-refractivity contribution in [2.45, 2.75) is 6.54 Å². The maximum Gasteiger partial charge on any atom is 0.329 e. The van der Waals surface area contributed by atoms with Gasteiger partial charge in [-0.3, -0.25) is 19.1 Å². The Bertz CT molecular complexity index is 1290. The molecule has 0 unspecified atom stereocenters. The maximum atomic E-state index is 12.6. The van der Waals surface area contributed by atoms with Crippen molar-refractivity contribution in [1.82, 2.24) is 24.1 Å². The average Bonchev–Trinajstić information content (AvgIpc) is 3.19. The van der Waals surface area contributed by atoms with Crippen LogP contribution in [-0.2, 0) is 13.6 Å². The van der Waals surface area contributed by atoms with Gasteiger partial charge in [-0.25, -0.2) is 14.8 Å². The van der Waals surface area contributed by atoms with Gasteiger partial charge in [0.05, 0.1) is 11.7 Å². The number of aromatic amines is 1. The first-order valence-corrected chi connectivity index (χ1v) is 8.47. The number of aryl methyl sites for hydroxylation is 1. The predicted octanol–water partition coefficient (Wildman–Crippen LogP) is 1.12. The highest BCUT2D eigenvalue weighted by Gasteiger charge is 2.12. The summed E-state index contributed by atoms with van der Waals surface area (Å²) in [7, 11) is 1.48. The van der Waals surface area contributed by atoms with Crippen LogP contribution in [0.25, 0.3) is 11.0 Å². The van der Waals surface area contributed by atoms with Gasteiger partial charge in [-0.15, -0.1) is 0 Å². The van der Waals surface area contributed by atoms with Crippen LogP contribution in [0.15, 0.2) is 64.7 Å². The molecule has 0 aliphatic rings. The molecule has 9 nitrogen and oxygen atoms in total. The van der Waals surface area contributed by atoms with Crippen molar-refractivity contribution in [3.63, 3.8) is 0 Å². The van der Waals surface area contributed by atoms with Crippen molar-refractivity contribution in [3.05, 3.63) is 87.2 Å². The number of anilines is 1. The number of amides is 1. The number of benzene rings is 1. The summed E-state index contributed by atoms with van der Waals surface area (Å²) in [5.41, 5.74) is 0.739. The predicted molar refractivity (Wildman–Crippen MR) is 103 cm³/mol. The van der Waals surface area contributed by atoms with E-state index in [1.165, 1.54) is 23.7 Å². The summed E-state index contributed by atoms with van der Waals surface area (Å²) < 4.78 is 3.11. The maximum absolute atomic E-state index is 12.6. The molecule has 0 saturated carbocycles. The van der Waals surface area contributed by atoms with Crippen molar-refractivity contribution in [1.29, 1.82) is 0 Å². The molecule has 0 fully saturated rings. The lowest BCUT2D eigenvalue weighted by Gasteiger charge is -2.09. The summed E-state index contributed by atoms with van der Waals surface area (Å²) in [6.07, 6.45) is 5.28. The lowest BCUT2D eigenvalue weighted by atomic mass is 10.2. The number of pyridine rings is 1. The highest BCUT2D eigenvalue weighted by molar-refractivity contribution is 6.03. The molecule has 3 aromatic heterocycles. The minimum Gasteiger partial charge on any atom is -0.333 e. The van der Waals surface area contributed by atoms with Crippen LogP contribution >= 0.6 is 0 Å². The van der Waals surface area contributed by atoms with Crippen molar-refractivity contribution in [3.8, 4) is 0 Å². The normalized spacial score (nSPS) is 10.9. The summed E-state index contributed by atoms with van der Waals surface area (Å²) >= 11 is 0. The number of fused-ring (bicyclic) bond motifs is 1. The first-order chi connectivity index (χ1) is 13.5. The monoisotopic (exact) mass is 376 g/mol. The third-order valence-electron chi connectivity index (χ3n) is 4.30. The van der Waals surface area contributed by atoms with Gasteiger partial charge in [-0.2, -0.15) is 0 Å². The fraction of sp³-hybridized carbons (Fsp3) is 0.105. The number of hydrogen-bond acceptors (Lipinski definition) is 5. The highest BCUT2D eigenvalue weighted by Crippen LogP contribution is 2.14. The van der Waals surface area contributed by atoms with E-state index in [9.17, 15) is 14.4 Å². The molecule has 9 heteroatoms. The number of aromatic nitrogens is 5. The minimum atomic E-state index is -0.588. The Hall–Kier alpha value is -4.01. The van der Waals surface area contributed by atoms with Crippen LogP contribution in [0.2, 0.25) is 0 Å². The van der Waals surface area contributed by atoms with Gasteiger partial charge in [0.15, 0.2) is 0 Å². The van der Waals surface area contributed by atoms with Crippen LogP contribution in [0.4, 0.5) is 5.69 Å². The van der Waals surface area contributed by atoms with Gasteiger partial charge in [-0.05, 0) is 29.8 Å². The van der Waals surface area contributed by atoms with E-state index in [0.29, 0.717) is 12.2 Å². The minimum absolute atomic E-state index is 0.105. The van der Waals surface area contributed by atoms with E-state index >= 15 is 0 Å². The lowest BCUT2D eigenvalue weighted by molar-refractivity contribution is 0.102. The van der Waals surface area contributed by atoms with Crippen molar-refractivity contribution in [2.75, 3.05) is 5.32 Å². The summed E-state index contributed by atoms with van der Waals surface area (Å²) in [6, 6.07) is 10.4. The van der Waals surface area contributed by atoms with Crippen molar-refractivity contribution >= 4 is 22.6 Å². The van der Waals surface area contributed by atoms with Gasteiger partial charge >= 0.3 is 5.69 Å². The number of H-pyrrole nitrogens is 1. The fourth-order valence-corrected chi connectivity index (χ4v) is 2.89. The molecular formula is C19H16N6O3. The molecule has 1 amide bonds. The zero-order valence-corrected chi connectivity index (χ0v) is 14.9. The Balaban J connectivity index is 1.61. The fourth-order valence-electron chi connectivity index (χ4n) is 2.89. The van der Waals surface area contributed by atoms with Gasteiger partial charge in [0.2, 0.25) is 0 Å². The van der Waals surface area contributed by atoms with Crippen molar-refractivity contribution in [2.24, 2.45) is 7.05 Å². The molecule has 0 saturated heterocycles. The molecule has 0 spiro atoms. The van der Waals surface area contributed by atoms with E-state index in [1.807, 2.05) is 29.0 Å². The number of nitrogens with zero attached hydrogens (tertiary/aromatic N) is 4. The number of nitrogens with one attached hydrogen (secondary N) is 2. The first kappa shape index (κ1) is 17.4. The summed E-state index contributed by atoms with van der Waals surface area (Å²) in [5, 5.41) is 3.03. The number of imidazole rings is 1. The molecule has 2 N–H and O–H groups in total. The molecule has 1 aromatic carbocycles. The molecule has 0 atom stereocenters. The van der Waals surface area contributed by atoms with Crippen LogP contribution in [0.5, 0.6) is 0 Å². The summed E-state index contributed by atoms with van der Waals surface area (Å²) in [4.78, 5) is 46.6. The van der Waals surface area contributed by atoms with E-state index in [-0.39, 0.29) is 16.7 Å². The zero-order valence-electron chi connectivity index (χ0n) is 14.9. The van der Waals surface area contributed by atoms with Gasteiger partial charge in [0, 0.05) is 31.7 Å². The van der Waals surface area contributed by atoms with Crippen LogP contribution in [0.3, 0.4) is 0 Å². The first-order valence-electron chi connectivity index (χ1n) is 8.47. The Labute approximate surface area is 158 Å². The topological polar surface area (TPSA) is 115 Å². The van der Waals surface area contributed by atoms with Gasteiger partial charge < -0.3 is 9.88 Å². The summed E-state index contributed by atoms with van der Waals surface area (Å²) in [6.45, 7) is 0.628. The SMILES string of the molecule is Cn1c(=O)[nH]c(=O)c2ccc(C(=O)Nc3cccc(Cn4ccnc4)c3)nc21. The Morgan fingerprint density at radius 3 is 2.86 bits per heavy atom. The largest absolute Gasteiger partial charge is 0.333 e. The lowest BCUT2D eigenvalue weighted by Crippen LogP contribution is -2.29. The quantitative estimate of drug-likeness (QED) is 0.554. The second-order valence-corrected chi connectivity index (χ2v) is 6.28. The zero-order chi connectivity index (χ0) is 19.7. The van der Waals surface area contributed by atoms with E-state index in [2.05, 4.69) is 20.3 Å². The highest BCUT2D eigenvalue weighted by atomic mass is 16.2. The second-order valence-electron chi connectivity index (χ2n) is 6.28. The molecular weight excluding hydrogens is 360 g/mol. The van der Waals surface area contributed by atoms with E-state index in [4.69, 9.17) is 0 Å². The van der Waals surface area contributed by atoms with Crippen LogP contribution in [0, 0.1) is 0 Å². The summed E-state index contributed by atoms with van der Waals surface area (Å²) in [5.74, 6) is -0.436. The smallest absolute Gasteiger partial charge is 0.329 e. The van der Waals surface area contributed by atoms with Gasteiger partial charge in [0.1, 0.15) is 11.3 Å². The van der Waals surface area contributed by atoms with E-state index < -0.39 is 17.2 Å². The van der Waals surface area contributed by atoms with Crippen molar-refractivity contribution < 1.29 is 4.79 Å². The molecule has 0 bridgehead atoms. The van der Waals surface area contributed by atoms with Crippen LogP contribution in [0.1, 0.15) is 16.1 Å². The number of carbonyl (C=O) groups is 1. The molecule has 0 aliphatic carbocycles. The molecule has 0 aliphatic heterocycles. The molecule has 140 valence electrons. The average molecular weight is 376 g/mol. The van der Waals surface area contributed by atoms with E-state index in [0.717, 1.165) is 5.56 Å². The third kappa shape index (κ3) is 3.32. The Morgan fingerprint density at radius 1 is 1.21 bits per heavy atom. The molecule has 4 aromatic rings. The Morgan fingerprint density at radius 2 is 2.07 bits per heavy atom. The second kappa shape index (κ2) is 6.95. The third-order valence-corrected chi connectivity index (χ3v) is 4.30. The van der Waals surface area contributed by atoms with Crippen LogP contribution in [-0.4, -0.2) is 30.0 Å². The molecule has 28 heavy (non-hydrogen) atoms. The molecule has 4 rings (SSSR count). The number of carbonyl (C=O) groups excluding carboxylic acids is 1. The molecule has 0 radical (unpaired) electrons. The van der Waals surface area contributed by atoms with Gasteiger partial charge in [0.25, 0.3) is 11.5 Å². The number of rotatable bonds is 4. The number of hydrogen-bond donors (Lipinski definition) is 2. The van der Waals surface area contributed by atoms with Crippen LogP contribution < -0.4 is 16.6 Å².